The minimum Gasteiger partial charge on any atom is -0.337 e. The maximum absolute atomic E-state index is 13.2. The quantitative estimate of drug-likeness (QED) is 0.784. The third kappa shape index (κ3) is 2.50. The summed E-state index contributed by atoms with van der Waals surface area (Å²) in [4.78, 5) is 14.9. The van der Waals surface area contributed by atoms with Crippen molar-refractivity contribution in [1.29, 1.82) is 0 Å². The van der Waals surface area contributed by atoms with Crippen molar-refractivity contribution >= 4 is 5.91 Å². The lowest BCUT2D eigenvalue weighted by Crippen LogP contribution is -2.47. The standard InChI is InChI=1S/C14H14F4N2O/c1-19-7-11-10(13(19)21)2-8(3-12(11)14(16,17)18)4-20-5-9(15)6-20/h2-3,9H,4-7H2,1H3. The van der Waals surface area contributed by atoms with E-state index < -0.39 is 23.8 Å². The van der Waals surface area contributed by atoms with Gasteiger partial charge in [-0.3, -0.25) is 9.69 Å². The normalized spacial score (nSPS) is 19.9. The number of benzene rings is 1. The number of carbonyl (C=O) groups excluding carboxylic acids is 1. The zero-order chi connectivity index (χ0) is 15.4. The summed E-state index contributed by atoms with van der Waals surface area (Å²) in [5, 5.41) is 0. The number of halogens is 4. The second kappa shape index (κ2) is 4.69. The Labute approximate surface area is 119 Å². The van der Waals surface area contributed by atoms with Gasteiger partial charge in [-0.2, -0.15) is 13.2 Å². The largest absolute Gasteiger partial charge is 0.416 e. The number of nitrogens with zero attached hydrogens (tertiary/aromatic N) is 2. The fourth-order valence-electron chi connectivity index (χ4n) is 2.85. The van der Waals surface area contributed by atoms with Crippen LogP contribution in [0.3, 0.4) is 0 Å². The van der Waals surface area contributed by atoms with Gasteiger partial charge >= 0.3 is 6.18 Å². The Bertz CT molecular complexity index is 593. The number of likely N-dealkylation sites (tertiary alicyclic amines) is 1. The fourth-order valence-corrected chi connectivity index (χ4v) is 2.85. The monoisotopic (exact) mass is 302 g/mol. The molecule has 7 heteroatoms. The van der Waals surface area contributed by atoms with Gasteiger partial charge in [-0.1, -0.05) is 0 Å². The Kier molecular flexibility index (Phi) is 3.20. The molecule has 1 amide bonds. The Balaban J connectivity index is 1.98. The van der Waals surface area contributed by atoms with E-state index in [0.29, 0.717) is 5.56 Å². The van der Waals surface area contributed by atoms with E-state index in [0.717, 1.165) is 6.07 Å². The molecule has 2 heterocycles. The molecule has 0 radical (unpaired) electrons. The smallest absolute Gasteiger partial charge is 0.337 e. The van der Waals surface area contributed by atoms with Crippen LogP contribution in [-0.2, 0) is 19.3 Å². The van der Waals surface area contributed by atoms with E-state index >= 15 is 0 Å². The molecule has 0 aliphatic carbocycles. The van der Waals surface area contributed by atoms with Crippen molar-refractivity contribution in [3.63, 3.8) is 0 Å². The Hall–Kier alpha value is -1.63. The van der Waals surface area contributed by atoms with Crippen LogP contribution in [-0.4, -0.2) is 42.0 Å². The van der Waals surface area contributed by atoms with Crippen molar-refractivity contribution in [1.82, 2.24) is 9.80 Å². The minimum absolute atomic E-state index is 0.0282. The molecule has 1 fully saturated rings. The molecule has 0 N–H and O–H groups in total. The van der Waals surface area contributed by atoms with E-state index in [9.17, 15) is 22.4 Å². The second-order valence-electron chi connectivity index (χ2n) is 5.62. The third-order valence-corrected chi connectivity index (χ3v) is 3.91. The van der Waals surface area contributed by atoms with Crippen LogP contribution in [0, 0.1) is 0 Å². The number of fused-ring (bicyclic) bond motifs is 1. The molecule has 3 rings (SSSR count). The first-order chi connectivity index (χ1) is 9.75. The maximum atomic E-state index is 13.2. The zero-order valence-electron chi connectivity index (χ0n) is 11.4. The molecule has 0 saturated carbocycles. The number of hydrogen-bond acceptors (Lipinski definition) is 2. The van der Waals surface area contributed by atoms with Crippen molar-refractivity contribution in [2.45, 2.75) is 25.4 Å². The highest BCUT2D eigenvalue weighted by molar-refractivity contribution is 5.98. The molecule has 2 aliphatic heterocycles. The number of alkyl halides is 4. The van der Waals surface area contributed by atoms with Crippen molar-refractivity contribution in [3.8, 4) is 0 Å². The molecule has 0 bridgehead atoms. The molecule has 3 nitrogen and oxygen atoms in total. The highest BCUT2D eigenvalue weighted by atomic mass is 19.4. The Morgan fingerprint density at radius 2 is 1.95 bits per heavy atom. The average molecular weight is 302 g/mol. The molecule has 0 atom stereocenters. The van der Waals surface area contributed by atoms with Gasteiger partial charge in [0.15, 0.2) is 0 Å². The van der Waals surface area contributed by atoms with Crippen molar-refractivity contribution in [2.24, 2.45) is 0 Å². The molecular formula is C14H14F4N2O. The lowest BCUT2D eigenvalue weighted by atomic mass is 9.98. The van der Waals surface area contributed by atoms with Crippen LogP contribution in [0.4, 0.5) is 17.6 Å². The van der Waals surface area contributed by atoms with E-state index in [4.69, 9.17) is 0 Å². The molecule has 0 spiro atoms. The molecule has 0 unspecified atom stereocenters. The molecule has 1 aromatic rings. The van der Waals surface area contributed by atoms with Gasteiger partial charge in [-0.15, -0.1) is 0 Å². The summed E-state index contributed by atoms with van der Waals surface area (Å²) in [6, 6.07) is 2.58. The first-order valence-corrected chi connectivity index (χ1v) is 6.60. The average Bonchev–Trinajstić information content (AvgIpc) is 2.62. The van der Waals surface area contributed by atoms with E-state index in [1.54, 1.807) is 4.90 Å². The first kappa shape index (κ1) is 14.3. The van der Waals surface area contributed by atoms with Gasteiger partial charge in [0, 0.05) is 38.8 Å². The number of amides is 1. The lowest BCUT2D eigenvalue weighted by Gasteiger charge is -2.34. The maximum Gasteiger partial charge on any atom is 0.416 e. The molecule has 1 saturated heterocycles. The summed E-state index contributed by atoms with van der Waals surface area (Å²) < 4.78 is 52.3. The summed E-state index contributed by atoms with van der Waals surface area (Å²) in [6.45, 7) is 0.659. The van der Waals surface area contributed by atoms with Gasteiger partial charge in [0.1, 0.15) is 6.17 Å². The predicted molar refractivity (Wildman–Crippen MR) is 67.4 cm³/mol. The fraction of sp³-hybridized carbons (Fsp3) is 0.500. The molecule has 2 aliphatic rings. The summed E-state index contributed by atoms with van der Waals surface area (Å²) in [5.41, 5.74) is -0.216. The van der Waals surface area contributed by atoms with Crippen LogP contribution in [0.2, 0.25) is 0 Å². The summed E-state index contributed by atoms with van der Waals surface area (Å²) >= 11 is 0. The molecular weight excluding hydrogens is 288 g/mol. The summed E-state index contributed by atoms with van der Waals surface area (Å²) in [6.07, 6.45) is -5.40. The highest BCUT2D eigenvalue weighted by Crippen LogP contribution is 2.38. The van der Waals surface area contributed by atoms with Crippen LogP contribution in [0.25, 0.3) is 0 Å². The van der Waals surface area contributed by atoms with Crippen LogP contribution in [0.5, 0.6) is 0 Å². The van der Waals surface area contributed by atoms with Crippen molar-refractivity contribution in [2.75, 3.05) is 20.1 Å². The van der Waals surface area contributed by atoms with Crippen LogP contribution in [0.1, 0.15) is 27.0 Å². The molecule has 21 heavy (non-hydrogen) atoms. The van der Waals surface area contributed by atoms with Gasteiger partial charge in [-0.25, -0.2) is 4.39 Å². The summed E-state index contributed by atoms with van der Waals surface area (Å²) in [7, 11) is 1.48. The lowest BCUT2D eigenvalue weighted by molar-refractivity contribution is -0.138. The third-order valence-electron chi connectivity index (χ3n) is 3.91. The van der Waals surface area contributed by atoms with E-state index in [1.165, 1.54) is 18.0 Å². The van der Waals surface area contributed by atoms with Crippen LogP contribution >= 0.6 is 0 Å². The zero-order valence-corrected chi connectivity index (χ0v) is 11.4. The van der Waals surface area contributed by atoms with Crippen LogP contribution < -0.4 is 0 Å². The first-order valence-electron chi connectivity index (χ1n) is 6.60. The summed E-state index contributed by atoms with van der Waals surface area (Å²) in [5.74, 6) is -0.399. The topological polar surface area (TPSA) is 23.6 Å². The minimum atomic E-state index is -4.50. The SMILES string of the molecule is CN1Cc2c(cc(CN3CC(F)C3)cc2C(F)(F)F)C1=O. The van der Waals surface area contributed by atoms with Crippen molar-refractivity contribution in [3.05, 3.63) is 34.4 Å². The van der Waals surface area contributed by atoms with Gasteiger partial charge in [0.05, 0.1) is 5.56 Å². The van der Waals surface area contributed by atoms with Gasteiger partial charge in [0.25, 0.3) is 5.91 Å². The van der Waals surface area contributed by atoms with Crippen LogP contribution in [0.15, 0.2) is 12.1 Å². The number of rotatable bonds is 2. The highest BCUT2D eigenvalue weighted by Gasteiger charge is 2.39. The molecule has 114 valence electrons. The predicted octanol–water partition coefficient (Wildman–Crippen LogP) is 2.44. The number of hydrogen-bond donors (Lipinski definition) is 0. The van der Waals surface area contributed by atoms with Gasteiger partial charge in [-0.05, 0) is 23.3 Å². The molecule has 0 aromatic heterocycles. The van der Waals surface area contributed by atoms with E-state index in [1.807, 2.05) is 0 Å². The van der Waals surface area contributed by atoms with E-state index in [-0.39, 0.29) is 37.3 Å². The number of carbonyl (C=O) groups is 1. The van der Waals surface area contributed by atoms with E-state index in [2.05, 4.69) is 0 Å². The Morgan fingerprint density at radius 3 is 2.52 bits per heavy atom. The Morgan fingerprint density at radius 1 is 1.29 bits per heavy atom. The molecule has 1 aromatic carbocycles. The van der Waals surface area contributed by atoms with Crippen molar-refractivity contribution < 1.29 is 22.4 Å². The second-order valence-corrected chi connectivity index (χ2v) is 5.62. The van der Waals surface area contributed by atoms with Gasteiger partial charge < -0.3 is 4.90 Å². The van der Waals surface area contributed by atoms with Gasteiger partial charge in [0.2, 0.25) is 0 Å².